The van der Waals surface area contributed by atoms with Crippen molar-refractivity contribution >= 4 is 23.0 Å². The molecule has 3 aromatic carbocycles. The first-order chi connectivity index (χ1) is 14.8. The molecule has 30 heavy (non-hydrogen) atoms. The van der Waals surface area contributed by atoms with Gasteiger partial charge in [0.25, 0.3) is 0 Å². The Hall–Kier alpha value is -3.79. The molecule has 0 unspecified atom stereocenters. The van der Waals surface area contributed by atoms with Gasteiger partial charge in [-0.15, -0.1) is 0 Å². The van der Waals surface area contributed by atoms with Crippen molar-refractivity contribution in [2.75, 3.05) is 6.54 Å². The van der Waals surface area contributed by atoms with Crippen molar-refractivity contribution in [3.05, 3.63) is 114 Å². The van der Waals surface area contributed by atoms with Crippen LogP contribution in [0.1, 0.15) is 16.8 Å². The van der Waals surface area contributed by atoms with Crippen LogP contribution in [0.4, 0.5) is 0 Å². The maximum absolute atomic E-state index is 13.0. The second kappa shape index (κ2) is 9.61. The van der Waals surface area contributed by atoms with Crippen LogP contribution < -0.4 is 0 Å². The van der Waals surface area contributed by atoms with E-state index in [0.717, 1.165) is 23.0 Å². The predicted octanol–water partition coefficient (Wildman–Crippen LogP) is 4.91. The van der Waals surface area contributed by atoms with Crippen LogP contribution in [0.2, 0.25) is 0 Å². The zero-order chi connectivity index (χ0) is 20.6. The Kier molecular flexibility index (Phi) is 6.25. The largest absolute Gasteiger partial charge is 0.335 e. The minimum absolute atomic E-state index is 0.0373. The number of nitrogens with zero attached hydrogens (tertiary/aromatic N) is 3. The lowest BCUT2D eigenvalue weighted by molar-refractivity contribution is -0.126. The van der Waals surface area contributed by atoms with Gasteiger partial charge in [-0.2, -0.15) is 0 Å². The maximum atomic E-state index is 13.0. The Morgan fingerprint density at radius 1 is 0.800 bits per heavy atom. The first-order valence-corrected chi connectivity index (χ1v) is 10.0. The van der Waals surface area contributed by atoms with Crippen LogP contribution in [0.25, 0.3) is 17.1 Å². The van der Waals surface area contributed by atoms with E-state index < -0.39 is 0 Å². The van der Waals surface area contributed by atoms with Gasteiger partial charge in [0.1, 0.15) is 0 Å². The number of aromatic nitrogens is 2. The third kappa shape index (κ3) is 5.17. The number of hydrogen-bond acceptors (Lipinski definition) is 3. The van der Waals surface area contributed by atoms with E-state index in [4.69, 9.17) is 0 Å². The minimum atomic E-state index is -0.0373. The molecule has 1 amide bonds. The summed E-state index contributed by atoms with van der Waals surface area (Å²) in [6.07, 6.45) is 5.83. The molecule has 0 N–H and O–H groups in total. The summed E-state index contributed by atoms with van der Waals surface area (Å²) in [6.45, 7) is 1.21. The first-order valence-electron chi connectivity index (χ1n) is 10.0. The molecule has 0 radical (unpaired) electrons. The molecule has 4 heteroatoms. The summed E-state index contributed by atoms with van der Waals surface area (Å²) >= 11 is 0. The number of carbonyl (C=O) groups is 1. The topological polar surface area (TPSA) is 46.1 Å². The highest BCUT2D eigenvalue weighted by molar-refractivity contribution is 5.91. The highest BCUT2D eigenvalue weighted by Gasteiger charge is 2.12. The van der Waals surface area contributed by atoms with Crippen molar-refractivity contribution in [2.24, 2.45) is 0 Å². The monoisotopic (exact) mass is 393 g/mol. The Morgan fingerprint density at radius 3 is 2.17 bits per heavy atom. The fourth-order valence-corrected chi connectivity index (χ4v) is 3.29. The lowest BCUT2D eigenvalue weighted by Crippen LogP contribution is -2.31. The molecule has 0 spiro atoms. The summed E-state index contributed by atoms with van der Waals surface area (Å²) < 4.78 is 0. The summed E-state index contributed by atoms with van der Waals surface area (Å²) in [4.78, 5) is 23.8. The fourth-order valence-electron chi connectivity index (χ4n) is 3.29. The zero-order valence-electron chi connectivity index (χ0n) is 16.7. The quantitative estimate of drug-likeness (QED) is 0.419. The average Bonchev–Trinajstić information content (AvgIpc) is 2.81. The van der Waals surface area contributed by atoms with Crippen LogP contribution in [0.5, 0.6) is 0 Å². The van der Waals surface area contributed by atoms with Crippen molar-refractivity contribution in [2.45, 2.75) is 13.0 Å². The lowest BCUT2D eigenvalue weighted by Gasteiger charge is -2.21. The number of fused-ring (bicyclic) bond motifs is 1. The van der Waals surface area contributed by atoms with Crippen LogP contribution in [0, 0.1) is 0 Å². The molecule has 0 saturated heterocycles. The van der Waals surface area contributed by atoms with Gasteiger partial charge in [-0.25, -0.2) is 4.98 Å². The minimum Gasteiger partial charge on any atom is -0.335 e. The van der Waals surface area contributed by atoms with Gasteiger partial charge in [0, 0.05) is 19.2 Å². The van der Waals surface area contributed by atoms with Gasteiger partial charge in [-0.05, 0) is 35.8 Å². The van der Waals surface area contributed by atoms with Crippen LogP contribution in [-0.4, -0.2) is 27.3 Å². The van der Waals surface area contributed by atoms with Crippen LogP contribution >= 0.6 is 0 Å². The smallest absolute Gasteiger partial charge is 0.246 e. The summed E-state index contributed by atoms with van der Waals surface area (Å²) in [5, 5.41) is 0. The molecule has 0 atom stereocenters. The lowest BCUT2D eigenvalue weighted by atomic mass is 10.1. The third-order valence-corrected chi connectivity index (χ3v) is 4.91. The average molecular weight is 393 g/mol. The molecule has 0 aliphatic carbocycles. The molecule has 0 fully saturated rings. The van der Waals surface area contributed by atoms with Crippen LogP contribution in [0.3, 0.4) is 0 Å². The molecule has 1 aromatic heterocycles. The Balaban J connectivity index is 1.50. The van der Waals surface area contributed by atoms with Gasteiger partial charge in [-0.3, -0.25) is 9.78 Å². The fraction of sp³-hybridized carbons (Fsp3) is 0.115. The molecule has 1 heterocycles. The zero-order valence-corrected chi connectivity index (χ0v) is 16.7. The van der Waals surface area contributed by atoms with E-state index in [2.05, 4.69) is 22.1 Å². The third-order valence-electron chi connectivity index (χ3n) is 4.91. The van der Waals surface area contributed by atoms with E-state index in [-0.39, 0.29) is 5.91 Å². The van der Waals surface area contributed by atoms with E-state index in [1.165, 1.54) is 5.56 Å². The van der Waals surface area contributed by atoms with Gasteiger partial charge < -0.3 is 4.90 Å². The van der Waals surface area contributed by atoms with E-state index >= 15 is 0 Å². The van der Waals surface area contributed by atoms with Gasteiger partial charge in [0.2, 0.25) is 5.91 Å². The van der Waals surface area contributed by atoms with E-state index in [1.807, 2.05) is 77.7 Å². The molecule has 4 nitrogen and oxygen atoms in total. The number of hydrogen-bond donors (Lipinski definition) is 0. The van der Waals surface area contributed by atoms with Crippen LogP contribution in [0.15, 0.2) is 97.2 Å². The molecule has 148 valence electrons. The van der Waals surface area contributed by atoms with Gasteiger partial charge in [-0.1, -0.05) is 72.8 Å². The molecule has 4 rings (SSSR count). The summed E-state index contributed by atoms with van der Waals surface area (Å²) in [6, 6.07) is 28.0. The van der Waals surface area contributed by atoms with Gasteiger partial charge in [0.05, 0.1) is 22.9 Å². The van der Waals surface area contributed by atoms with E-state index in [0.29, 0.717) is 18.8 Å². The summed E-state index contributed by atoms with van der Waals surface area (Å²) in [5.41, 5.74) is 4.65. The SMILES string of the molecule is O=C(/C=C/c1cnc2ccccc2n1)N(CCc1ccccc1)Cc1ccccc1. The first kappa shape index (κ1) is 19.5. The molecule has 0 aliphatic heterocycles. The summed E-state index contributed by atoms with van der Waals surface area (Å²) in [5.74, 6) is -0.0373. The maximum Gasteiger partial charge on any atom is 0.246 e. The summed E-state index contributed by atoms with van der Waals surface area (Å²) in [7, 11) is 0. The number of carbonyl (C=O) groups excluding carboxylic acids is 1. The second-order valence-corrected chi connectivity index (χ2v) is 7.10. The molecule has 0 aliphatic rings. The van der Waals surface area contributed by atoms with Crippen molar-refractivity contribution in [1.29, 1.82) is 0 Å². The molecule has 4 aromatic rings. The Labute approximate surface area is 176 Å². The second-order valence-electron chi connectivity index (χ2n) is 7.10. The number of rotatable bonds is 7. The molecular formula is C26H23N3O. The Morgan fingerprint density at radius 2 is 1.43 bits per heavy atom. The normalized spacial score (nSPS) is 11.1. The number of amides is 1. The molecular weight excluding hydrogens is 370 g/mol. The van der Waals surface area contributed by atoms with Crippen molar-refractivity contribution < 1.29 is 4.79 Å². The van der Waals surface area contributed by atoms with Crippen molar-refractivity contribution in [3.63, 3.8) is 0 Å². The Bertz CT molecular complexity index is 1140. The van der Waals surface area contributed by atoms with E-state index in [9.17, 15) is 4.79 Å². The highest BCUT2D eigenvalue weighted by Crippen LogP contribution is 2.11. The van der Waals surface area contributed by atoms with Crippen molar-refractivity contribution in [3.8, 4) is 0 Å². The molecule has 0 saturated carbocycles. The van der Waals surface area contributed by atoms with E-state index in [1.54, 1.807) is 18.3 Å². The molecule has 0 bridgehead atoms. The standard InChI is InChI=1S/C26H23N3O/c30-26(16-15-23-19-27-24-13-7-8-14-25(24)28-23)29(20-22-11-5-2-6-12-22)18-17-21-9-3-1-4-10-21/h1-16,19H,17-18,20H2/b16-15+. The van der Waals surface area contributed by atoms with Gasteiger partial charge in [0.15, 0.2) is 0 Å². The number of benzene rings is 3. The van der Waals surface area contributed by atoms with Crippen molar-refractivity contribution in [1.82, 2.24) is 14.9 Å². The number of para-hydroxylation sites is 2. The van der Waals surface area contributed by atoms with Gasteiger partial charge >= 0.3 is 0 Å². The highest BCUT2D eigenvalue weighted by atomic mass is 16.2. The van der Waals surface area contributed by atoms with Crippen LogP contribution in [-0.2, 0) is 17.8 Å². The predicted molar refractivity (Wildman–Crippen MR) is 121 cm³/mol.